The Morgan fingerprint density at radius 3 is 2.55 bits per heavy atom. The van der Waals surface area contributed by atoms with Crippen molar-refractivity contribution in [3.05, 3.63) is 71.2 Å². The lowest BCUT2D eigenvalue weighted by Gasteiger charge is -2.34. The first-order valence-electron chi connectivity index (χ1n) is 10.4. The summed E-state index contributed by atoms with van der Waals surface area (Å²) in [4.78, 5) is 16.8. The molecule has 0 radical (unpaired) electrons. The summed E-state index contributed by atoms with van der Waals surface area (Å²) >= 11 is 5.89. The molecular formula is C24H26ClN3O3. The average molecular weight is 440 g/mol. The van der Waals surface area contributed by atoms with Crippen molar-refractivity contribution in [3.8, 4) is 17.3 Å². The van der Waals surface area contributed by atoms with Crippen LogP contribution in [0.25, 0.3) is 11.3 Å². The second-order valence-corrected chi connectivity index (χ2v) is 8.06. The van der Waals surface area contributed by atoms with Crippen molar-refractivity contribution in [3.63, 3.8) is 0 Å². The molecular weight excluding hydrogens is 414 g/mol. The number of likely N-dealkylation sites (N-methyl/N-ethyl adjacent to an activating group) is 1. The second-order valence-electron chi connectivity index (χ2n) is 7.62. The summed E-state index contributed by atoms with van der Waals surface area (Å²) in [6, 6.07) is 19.2. The molecule has 1 aliphatic heterocycles. The fourth-order valence-electron chi connectivity index (χ4n) is 3.61. The monoisotopic (exact) mass is 439 g/mol. The Bertz CT molecular complexity index is 1010. The highest BCUT2D eigenvalue weighted by Crippen LogP contribution is 2.34. The highest BCUT2D eigenvalue weighted by Gasteiger charge is 2.19. The zero-order chi connectivity index (χ0) is 21.6. The number of nitrogens with zero attached hydrogens (tertiary/aromatic N) is 2. The maximum absolute atomic E-state index is 12.1. The van der Waals surface area contributed by atoms with E-state index in [-0.39, 0.29) is 5.95 Å². The van der Waals surface area contributed by atoms with Crippen molar-refractivity contribution >= 4 is 23.4 Å². The molecule has 162 valence electrons. The molecule has 4 rings (SSSR count). The van der Waals surface area contributed by atoms with E-state index < -0.39 is 6.09 Å². The van der Waals surface area contributed by atoms with Crippen molar-refractivity contribution in [1.82, 2.24) is 10.2 Å². The molecule has 0 spiro atoms. The number of rotatable bonds is 6. The molecule has 0 unspecified atom stereocenters. The van der Waals surface area contributed by atoms with Crippen LogP contribution in [0.2, 0.25) is 5.02 Å². The van der Waals surface area contributed by atoms with Crippen LogP contribution in [-0.2, 0) is 6.42 Å². The fraction of sp³-hybridized carbons (Fsp3) is 0.292. The summed E-state index contributed by atoms with van der Waals surface area (Å²) in [6.07, 6.45) is 0.149. The van der Waals surface area contributed by atoms with Crippen molar-refractivity contribution in [1.29, 1.82) is 0 Å². The number of benzene rings is 2. The van der Waals surface area contributed by atoms with Gasteiger partial charge >= 0.3 is 6.09 Å². The maximum atomic E-state index is 12.1. The van der Waals surface area contributed by atoms with Crippen LogP contribution in [0.5, 0.6) is 5.95 Å². The van der Waals surface area contributed by atoms with E-state index in [2.05, 4.69) is 28.2 Å². The second kappa shape index (κ2) is 9.90. The van der Waals surface area contributed by atoms with Gasteiger partial charge in [-0.05, 0) is 49.4 Å². The highest BCUT2D eigenvalue weighted by atomic mass is 35.5. The van der Waals surface area contributed by atoms with Crippen LogP contribution < -0.4 is 15.0 Å². The predicted octanol–water partition coefficient (Wildman–Crippen LogP) is 4.68. The van der Waals surface area contributed by atoms with E-state index in [0.29, 0.717) is 23.7 Å². The number of piperazine rings is 1. The standard InChI is InChI=1S/C24H26ClN3O3/c1-27-14-16-28(17-15-27)21-5-3-2-4-20(21)22-10-11-23(30-22)31-24(29)26-13-12-18-6-8-19(25)9-7-18/h2-11H,12-17H2,1H3,(H,26,29). The minimum atomic E-state index is -0.540. The number of furan rings is 1. The van der Waals surface area contributed by atoms with Gasteiger partial charge in [0.2, 0.25) is 0 Å². The number of anilines is 1. The third-order valence-corrected chi connectivity index (χ3v) is 5.64. The number of hydrogen-bond donors (Lipinski definition) is 1. The van der Waals surface area contributed by atoms with Crippen molar-refractivity contribution < 1.29 is 13.9 Å². The number of para-hydroxylation sites is 1. The topological polar surface area (TPSA) is 58.0 Å². The van der Waals surface area contributed by atoms with Gasteiger partial charge in [-0.3, -0.25) is 0 Å². The van der Waals surface area contributed by atoms with E-state index in [1.54, 1.807) is 6.07 Å². The molecule has 1 amide bonds. The van der Waals surface area contributed by atoms with Gasteiger partial charge in [0.15, 0.2) is 0 Å². The fourth-order valence-corrected chi connectivity index (χ4v) is 3.74. The first-order valence-corrected chi connectivity index (χ1v) is 10.8. The van der Waals surface area contributed by atoms with E-state index in [1.165, 1.54) is 0 Å². The van der Waals surface area contributed by atoms with Gasteiger partial charge in [-0.1, -0.05) is 35.9 Å². The molecule has 2 aromatic carbocycles. The molecule has 7 heteroatoms. The van der Waals surface area contributed by atoms with Gasteiger partial charge in [0.1, 0.15) is 5.76 Å². The van der Waals surface area contributed by atoms with Crippen LogP contribution in [0.1, 0.15) is 5.56 Å². The molecule has 1 aromatic heterocycles. The maximum Gasteiger partial charge on any atom is 0.415 e. The SMILES string of the molecule is CN1CCN(c2ccccc2-c2ccc(OC(=O)NCCc3ccc(Cl)cc3)o2)CC1. The number of ether oxygens (including phenoxy) is 1. The quantitative estimate of drug-likeness (QED) is 0.604. The molecule has 2 heterocycles. The third kappa shape index (κ3) is 5.60. The lowest BCUT2D eigenvalue weighted by molar-refractivity contribution is 0.188. The third-order valence-electron chi connectivity index (χ3n) is 5.38. The minimum absolute atomic E-state index is 0.173. The lowest BCUT2D eigenvalue weighted by Crippen LogP contribution is -2.44. The van der Waals surface area contributed by atoms with Gasteiger partial charge in [-0.15, -0.1) is 0 Å². The lowest BCUT2D eigenvalue weighted by atomic mass is 10.1. The van der Waals surface area contributed by atoms with Gasteiger partial charge in [-0.2, -0.15) is 0 Å². The number of hydrogen-bond acceptors (Lipinski definition) is 5. The molecule has 6 nitrogen and oxygen atoms in total. The Hall–Kier alpha value is -2.96. The van der Waals surface area contributed by atoms with E-state index in [9.17, 15) is 4.79 Å². The summed E-state index contributed by atoms with van der Waals surface area (Å²) in [5.41, 5.74) is 3.21. The summed E-state index contributed by atoms with van der Waals surface area (Å²) in [6.45, 7) is 4.44. The average Bonchev–Trinajstić information content (AvgIpc) is 3.24. The number of carbonyl (C=O) groups is 1. The number of amides is 1. The van der Waals surface area contributed by atoms with E-state index in [4.69, 9.17) is 20.8 Å². The van der Waals surface area contributed by atoms with Crippen LogP contribution in [0.4, 0.5) is 10.5 Å². The van der Waals surface area contributed by atoms with E-state index >= 15 is 0 Å². The zero-order valence-corrected chi connectivity index (χ0v) is 18.3. The first-order chi connectivity index (χ1) is 15.1. The Morgan fingerprint density at radius 2 is 1.77 bits per heavy atom. The van der Waals surface area contributed by atoms with Gasteiger partial charge in [0.05, 0.1) is 0 Å². The summed E-state index contributed by atoms with van der Waals surface area (Å²) in [5, 5.41) is 3.44. The van der Waals surface area contributed by atoms with E-state index in [0.717, 1.165) is 43.0 Å². The number of nitrogens with one attached hydrogen (secondary N) is 1. The van der Waals surface area contributed by atoms with Gasteiger partial charge in [0, 0.05) is 55.1 Å². The van der Waals surface area contributed by atoms with Gasteiger partial charge in [-0.25, -0.2) is 4.79 Å². The normalized spacial score (nSPS) is 14.5. The van der Waals surface area contributed by atoms with Crippen molar-refractivity contribution in [2.45, 2.75) is 6.42 Å². The minimum Gasteiger partial charge on any atom is -0.425 e. The summed E-state index contributed by atoms with van der Waals surface area (Å²) in [5.74, 6) is 0.852. The van der Waals surface area contributed by atoms with Crippen molar-refractivity contribution in [2.24, 2.45) is 0 Å². The number of halogens is 1. The van der Waals surface area contributed by atoms with Crippen LogP contribution >= 0.6 is 11.6 Å². The van der Waals surface area contributed by atoms with Crippen molar-refractivity contribution in [2.75, 3.05) is 44.7 Å². The molecule has 0 atom stereocenters. The molecule has 1 fully saturated rings. The summed E-state index contributed by atoms with van der Waals surface area (Å²) in [7, 11) is 2.14. The van der Waals surface area contributed by atoms with Crippen LogP contribution in [-0.4, -0.2) is 50.8 Å². The molecule has 0 bridgehead atoms. The Labute approximate surface area is 187 Å². The molecule has 0 saturated carbocycles. The highest BCUT2D eigenvalue weighted by molar-refractivity contribution is 6.30. The Morgan fingerprint density at radius 1 is 1.03 bits per heavy atom. The predicted molar refractivity (Wildman–Crippen MR) is 123 cm³/mol. The smallest absolute Gasteiger partial charge is 0.415 e. The Kier molecular flexibility index (Phi) is 6.79. The van der Waals surface area contributed by atoms with E-state index in [1.807, 2.05) is 48.5 Å². The number of carbonyl (C=O) groups excluding carboxylic acids is 1. The van der Waals surface area contributed by atoms with Gasteiger partial charge in [0.25, 0.3) is 5.95 Å². The molecule has 1 N–H and O–H groups in total. The van der Waals surface area contributed by atoms with Crippen LogP contribution in [0, 0.1) is 0 Å². The first kappa shape index (κ1) is 21.3. The van der Waals surface area contributed by atoms with Crippen LogP contribution in [0.15, 0.2) is 65.1 Å². The largest absolute Gasteiger partial charge is 0.425 e. The molecule has 0 aliphatic carbocycles. The summed E-state index contributed by atoms with van der Waals surface area (Å²) < 4.78 is 11.2. The molecule has 3 aromatic rings. The molecule has 1 saturated heterocycles. The molecule has 31 heavy (non-hydrogen) atoms. The molecule has 1 aliphatic rings. The van der Waals surface area contributed by atoms with Crippen LogP contribution in [0.3, 0.4) is 0 Å². The Balaban J connectivity index is 1.35. The van der Waals surface area contributed by atoms with Gasteiger partial charge < -0.3 is 24.3 Å². The zero-order valence-electron chi connectivity index (χ0n) is 17.5.